The van der Waals surface area contributed by atoms with Crippen molar-refractivity contribution in [1.29, 1.82) is 0 Å². The van der Waals surface area contributed by atoms with Gasteiger partial charge in [0.1, 0.15) is 4.88 Å². The maximum Gasteiger partial charge on any atom is 0.266 e. The maximum atomic E-state index is 12.1. The second-order valence-electron chi connectivity index (χ2n) is 4.50. The summed E-state index contributed by atoms with van der Waals surface area (Å²) in [5.74, 6) is -0.0932. The molecule has 0 bridgehead atoms. The number of thiophene rings is 1. The largest absolute Gasteiger partial charge is 0.321 e. The zero-order valence-corrected chi connectivity index (χ0v) is 13.4. The van der Waals surface area contributed by atoms with Crippen LogP contribution in [0.5, 0.6) is 0 Å². The summed E-state index contributed by atoms with van der Waals surface area (Å²) in [6.45, 7) is 0. The van der Waals surface area contributed by atoms with Gasteiger partial charge in [-0.15, -0.1) is 11.3 Å². The molecule has 0 spiro atoms. The molecule has 0 fully saturated rings. The molecular formula is C17H12BrNOS. The SMILES string of the molecule is O=C(Nc1ccc(-c2ccccc2)cc1)c1sccc1Br. The van der Waals surface area contributed by atoms with Crippen LogP contribution in [-0.4, -0.2) is 5.91 Å². The molecule has 0 saturated heterocycles. The lowest BCUT2D eigenvalue weighted by atomic mass is 10.1. The number of hydrogen-bond donors (Lipinski definition) is 1. The van der Waals surface area contributed by atoms with Crippen LogP contribution in [0.4, 0.5) is 5.69 Å². The Bertz CT molecular complexity index is 750. The third-order valence-corrected chi connectivity index (χ3v) is 4.91. The molecule has 1 heterocycles. The van der Waals surface area contributed by atoms with Gasteiger partial charge in [0.25, 0.3) is 5.91 Å². The number of anilines is 1. The van der Waals surface area contributed by atoms with Gasteiger partial charge in [-0.25, -0.2) is 0 Å². The Hall–Kier alpha value is -1.91. The highest BCUT2D eigenvalue weighted by Crippen LogP contribution is 2.25. The van der Waals surface area contributed by atoms with E-state index in [1.54, 1.807) is 0 Å². The number of hydrogen-bond acceptors (Lipinski definition) is 2. The van der Waals surface area contributed by atoms with E-state index in [0.717, 1.165) is 21.3 Å². The van der Waals surface area contributed by atoms with Crippen LogP contribution in [0.2, 0.25) is 0 Å². The van der Waals surface area contributed by atoms with Gasteiger partial charge in [0.15, 0.2) is 0 Å². The highest BCUT2D eigenvalue weighted by atomic mass is 79.9. The first kappa shape index (κ1) is 14.0. The second-order valence-corrected chi connectivity index (χ2v) is 6.27. The molecule has 0 aliphatic rings. The fraction of sp³-hybridized carbons (Fsp3) is 0. The van der Waals surface area contributed by atoms with E-state index in [4.69, 9.17) is 0 Å². The molecule has 1 aromatic heterocycles. The van der Waals surface area contributed by atoms with Gasteiger partial charge in [-0.2, -0.15) is 0 Å². The van der Waals surface area contributed by atoms with Crippen molar-refractivity contribution in [3.8, 4) is 11.1 Å². The van der Waals surface area contributed by atoms with E-state index >= 15 is 0 Å². The molecule has 0 radical (unpaired) electrons. The standard InChI is InChI=1S/C17H12BrNOS/c18-15-10-11-21-16(15)17(20)19-14-8-6-13(7-9-14)12-4-2-1-3-5-12/h1-11H,(H,19,20). The molecule has 0 aliphatic carbocycles. The minimum Gasteiger partial charge on any atom is -0.321 e. The molecule has 0 atom stereocenters. The van der Waals surface area contributed by atoms with Crippen LogP contribution < -0.4 is 5.32 Å². The van der Waals surface area contributed by atoms with Gasteiger partial charge >= 0.3 is 0 Å². The monoisotopic (exact) mass is 357 g/mol. The van der Waals surface area contributed by atoms with E-state index < -0.39 is 0 Å². The van der Waals surface area contributed by atoms with E-state index in [1.807, 2.05) is 53.9 Å². The van der Waals surface area contributed by atoms with Crippen LogP contribution >= 0.6 is 27.3 Å². The second kappa shape index (κ2) is 6.24. The summed E-state index contributed by atoms with van der Waals surface area (Å²) in [6, 6.07) is 19.9. The van der Waals surface area contributed by atoms with Gasteiger partial charge < -0.3 is 5.32 Å². The quantitative estimate of drug-likeness (QED) is 0.665. The van der Waals surface area contributed by atoms with Gasteiger partial charge in [0, 0.05) is 10.2 Å². The van der Waals surface area contributed by atoms with Crippen molar-refractivity contribution in [2.75, 3.05) is 5.32 Å². The summed E-state index contributed by atoms with van der Waals surface area (Å²) in [4.78, 5) is 12.8. The van der Waals surface area contributed by atoms with Crippen molar-refractivity contribution in [1.82, 2.24) is 0 Å². The molecule has 1 amide bonds. The lowest BCUT2D eigenvalue weighted by molar-refractivity contribution is 0.103. The van der Waals surface area contributed by atoms with Crippen LogP contribution in [0.3, 0.4) is 0 Å². The van der Waals surface area contributed by atoms with Crippen LogP contribution in [0, 0.1) is 0 Å². The molecule has 104 valence electrons. The third-order valence-electron chi connectivity index (χ3n) is 3.07. The predicted octanol–water partition coefficient (Wildman–Crippen LogP) is 5.43. The van der Waals surface area contributed by atoms with E-state index in [9.17, 15) is 4.79 Å². The Balaban J connectivity index is 1.76. The summed E-state index contributed by atoms with van der Waals surface area (Å²) < 4.78 is 0.825. The molecule has 21 heavy (non-hydrogen) atoms. The minimum absolute atomic E-state index is 0.0932. The van der Waals surface area contributed by atoms with E-state index in [1.165, 1.54) is 11.3 Å². The molecule has 0 unspecified atom stereocenters. The van der Waals surface area contributed by atoms with E-state index in [0.29, 0.717) is 4.88 Å². The molecule has 2 aromatic carbocycles. The molecular weight excluding hydrogens is 346 g/mol. The number of carbonyl (C=O) groups excluding carboxylic acids is 1. The van der Waals surface area contributed by atoms with Crippen molar-refractivity contribution in [3.63, 3.8) is 0 Å². The van der Waals surface area contributed by atoms with Gasteiger partial charge in [-0.3, -0.25) is 4.79 Å². The predicted molar refractivity (Wildman–Crippen MR) is 91.9 cm³/mol. The van der Waals surface area contributed by atoms with E-state index in [2.05, 4.69) is 33.4 Å². The molecule has 0 aliphatic heterocycles. The summed E-state index contributed by atoms with van der Waals surface area (Å²) in [5, 5.41) is 4.79. The summed E-state index contributed by atoms with van der Waals surface area (Å²) in [6.07, 6.45) is 0. The van der Waals surface area contributed by atoms with Crippen molar-refractivity contribution in [3.05, 3.63) is 75.4 Å². The van der Waals surface area contributed by atoms with Gasteiger partial charge in [0.05, 0.1) is 0 Å². The van der Waals surface area contributed by atoms with Gasteiger partial charge in [0.2, 0.25) is 0 Å². The molecule has 4 heteroatoms. The Labute approximate surface area is 135 Å². The summed E-state index contributed by atoms with van der Waals surface area (Å²) >= 11 is 4.79. The lowest BCUT2D eigenvalue weighted by Crippen LogP contribution is -2.10. The molecule has 0 saturated carbocycles. The average molecular weight is 358 g/mol. The highest BCUT2D eigenvalue weighted by Gasteiger charge is 2.11. The summed E-state index contributed by atoms with van der Waals surface area (Å²) in [7, 11) is 0. The van der Waals surface area contributed by atoms with Gasteiger partial charge in [-0.1, -0.05) is 42.5 Å². The minimum atomic E-state index is -0.0932. The number of rotatable bonds is 3. The first-order chi connectivity index (χ1) is 10.2. The zero-order chi connectivity index (χ0) is 14.7. The zero-order valence-electron chi connectivity index (χ0n) is 11.0. The number of nitrogens with one attached hydrogen (secondary N) is 1. The highest BCUT2D eigenvalue weighted by molar-refractivity contribution is 9.10. The fourth-order valence-electron chi connectivity index (χ4n) is 2.02. The molecule has 1 N–H and O–H groups in total. The maximum absolute atomic E-state index is 12.1. The van der Waals surface area contributed by atoms with Crippen LogP contribution in [0.25, 0.3) is 11.1 Å². The Morgan fingerprint density at radius 2 is 1.57 bits per heavy atom. The fourth-order valence-corrected chi connectivity index (χ4v) is 3.47. The van der Waals surface area contributed by atoms with Crippen LogP contribution in [0.1, 0.15) is 9.67 Å². The molecule has 2 nitrogen and oxygen atoms in total. The van der Waals surface area contributed by atoms with Crippen molar-refractivity contribution in [2.45, 2.75) is 0 Å². The molecule has 3 rings (SSSR count). The topological polar surface area (TPSA) is 29.1 Å². The smallest absolute Gasteiger partial charge is 0.266 e. The number of amides is 1. The number of benzene rings is 2. The number of carbonyl (C=O) groups is 1. The normalized spacial score (nSPS) is 10.3. The van der Waals surface area contributed by atoms with Crippen molar-refractivity contribution >= 4 is 38.9 Å². The first-order valence-corrected chi connectivity index (χ1v) is 8.11. The van der Waals surface area contributed by atoms with E-state index in [-0.39, 0.29) is 5.91 Å². The van der Waals surface area contributed by atoms with Crippen LogP contribution in [-0.2, 0) is 0 Å². The van der Waals surface area contributed by atoms with Gasteiger partial charge in [-0.05, 0) is 50.6 Å². The average Bonchev–Trinajstić information content (AvgIpc) is 2.95. The van der Waals surface area contributed by atoms with Crippen molar-refractivity contribution < 1.29 is 4.79 Å². The van der Waals surface area contributed by atoms with Crippen LogP contribution in [0.15, 0.2) is 70.5 Å². The Morgan fingerprint density at radius 1 is 0.905 bits per heavy atom. The Morgan fingerprint density at radius 3 is 2.19 bits per heavy atom. The molecule has 3 aromatic rings. The lowest BCUT2D eigenvalue weighted by Gasteiger charge is -2.06. The van der Waals surface area contributed by atoms with Crippen molar-refractivity contribution in [2.24, 2.45) is 0 Å². The third kappa shape index (κ3) is 3.23. The first-order valence-electron chi connectivity index (χ1n) is 6.44. The summed E-state index contributed by atoms with van der Waals surface area (Å²) in [5.41, 5.74) is 3.09. The number of halogens is 1. The Kier molecular flexibility index (Phi) is 4.18.